The Kier molecular flexibility index (Phi) is 5.02. The molecular weight excluding hydrogens is 360 g/mol. The maximum absolute atomic E-state index is 12.6. The first-order valence-electron chi connectivity index (χ1n) is 9.57. The van der Waals surface area contributed by atoms with E-state index in [1.807, 2.05) is 17.0 Å². The van der Waals surface area contributed by atoms with Crippen molar-refractivity contribution >= 4 is 11.8 Å². The van der Waals surface area contributed by atoms with Crippen LogP contribution in [0.2, 0.25) is 0 Å². The Balaban J connectivity index is 1.33. The summed E-state index contributed by atoms with van der Waals surface area (Å²) in [5.74, 6) is 2.37. The van der Waals surface area contributed by atoms with Crippen LogP contribution in [0, 0.1) is 0 Å². The van der Waals surface area contributed by atoms with Gasteiger partial charge in [-0.3, -0.25) is 9.59 Å². The monoisotopic (exact) mass is 384 g/mol. The highest BCUT2D eigenvalue weighted by atomic mass is 16.5. The van der Waals surface area contributed by atoms with E-state index in [0.29, 0.717) is 30.3 Å². The molecule has 0 N–H and O–H groups in total. The van der Waals surface area contributed by atoms with E-state index in [9.17, 15) is 9.59 Å². The number of nitrogens with zero attached hydrogens (tertiary/aromatic N) is 4. The van der Waals surface area contributed by atoms with Crippen molar-refractivity contribution in [1.82, 2.24) is 19.9 Å². The molecule has 2 aliphatic heterocycles. The second kappa shape index (κ2) is 7.61. The molecule has 2 amide bonds. The molecule has 2 aromatic rings. The van der Waals surface area contributed by atoms with Crippen molar-refractivity contribution in [2.75, 3.05) is 33.3 Å². The van der Waals surface area contributed by atoms with Crippen molar-refractivity contribution in [3.05, 3.63) is 41.5 Å². The van der Waals surface area contributed by atoms with Crippen LogP contribution in [0.3, 0.4) is 0 Å². The normalized spacial score (nSPS) is 18.1. The summed E-state index contributed by atoms with van der Waals surface area (Å²) < 4.78 is 10.6. The number of piperidine rings is 1. The standard InChI is InChI=1S/C20H24N4O4/c1-13(25)23-8-6-14(7-9-23)18-21-19(28-22-18)16-11-24(12-16)20(26)15-4-3-5-17(10-15)27-2/h3-5,10,14,16H,6-9,11-12H2,1-2H3. The van der Waals surface area contributed by atoms with Crippen LogP contribution >= 0.6 is 0 Å². The SMILES string of the molecule is COc1cccc(C(=O)N2CC(c3nc(C4CCN(C(C)=O)CC4)no3)C2)c1. The molecule has 2 aliphatic rings. The highest BCUT2D eigenvalue weighted by Gasteiger charge is 2.37. The highest BCUT2D eigenvalue weighted by molar-refractivity contribution is 5.95. The van der Waals surface area contributed by atoms with E-state index in [1.165, 1.54) is 0 Å². The Hall–Kier alpha value is -2.90. The average Bonchev–Trinajstić information content (AvgIpc) is 3.16. The van der Waals surface area contributed by atoms with Crippen LogP contribution in [-0.4, -0.2) is 65.0 Å². The van der Waals surface area contributed by atoms with Gasteiger partial charge in [-0.1, -0.05) is 11.2 Å². The second-order valence-corrected chi connectivity index (χ2v) is 7.41. The third kappa shape index (κ3) is 3.58. The smallest absolute Gasteiger partial charge is 0.254 e. The van der Waals surface area contributed by atoms with Crippen LogP contribution in [-0.2, 0) is 4.79 Å². The van der Waals surface area contributed by atoms with Gasteiger partial charge in [0, 0.05) is 44.6 Å². The summed E-state index contributed by atoms with van der Waals surface area (Å²) in [6.07, 6.45) is 1.70. The largest absolute Gasteiger partial charge is 0.497 e. The van der Waals surface area contributed by atoms with E-state index in [0.717, 1.165) is 31.8 Å². The van der Waals surface area contributed by atoms with Gasteiger partial charge in [-0.15, -0.1) is 0 Å². The lowest BCUT2D eigenvalue weighted by Gasteiger charge is -2.37. The Bertz CT molecular complexity index is 867. The van der Waals surface area contributed by atoms with Gasteiger partial charge >= 0.3 is 0 Å². The Labute approximate surface area is 163 Å². The van der Waals surface area contributed by atoms with E-state index in [1.54, 1.807) is 31.1 Å². The van der Waals surface area contributed by atoms with Crippen molar-refractivity contribution in [2.24, 2.45) is 0 Å². The van der Waals surface area contributed by atoms with E-state index in [4.69, 9.17) is 9.26 Å². The fraction of sp³-hybridized carbons (Fsp3) is 0.500. The zero-order valence-electron chi connectivity index (χ0n) is 16.1. The zero-order valence-corrected chi connectivity index (χ0v) is 16.1. The van der Waals surface area contributed by atoms with E-state index >= 15 is 0 Å². The van der Waals surface area contributed by atoms with E-state index < -0.39 is 0 Å². The molecule has 8 nitrogen and oxygen atoms in total. The molecule has 0 saturated carbocycles. The summed E-state index contributed by atoms with van der Waals surface area (Å²) in [7, 11) is 1.58. The third-order valence-electron chi connectivity index (χ3n) is 5.60. The van der Waals surface area contributed by atoms with Crippen LogP contribution in [0.15, 0.2) is 28.8 Å². The summed E-state index contributed by atoms with van der Waals surface area (Å²) in [4.78, 5) is 32.2. The first-order valence-corrected chi connectivity index (χ1v) is 9.57. The third-order valence-corrected chi connectivity index (χ3v) is 5.60. The Morgan fingerprint density at radius 1 is 1.14 bits per heavy atom. The molecular formula is C20H24N4O4. The van der Waals surface area contributed by atoms with Gasteiger partial charge in [0.25, 0.3) is 5.91 Å². The van der Waals surface area contributed by atoms with E-state index in [-0.39, 0.29) is 23.7 Å². The molecule has 1 aromatic carbocycles. The number of amides is 2. The number of benzene rings is 1. The summed E-state index contributed by atoms with van der Waals surface area (Å²) in [5, 5.41) is 4.15. The first kappa shape index (κ1) is 18.5. The quantitative estimate of drug-likeness (QED) is 0.802. The number of hydrogen-bond acceptors (Lipinski definition) is 6. The lowest BCUT2D eigenvalue weighted by molar-refractivity contribution is -0.129. The minimum Gasteiger partial charge on any atom is -0.497 e. The summed E-state index contributed by atoms with van der Waals surface area (Å²) in [6.45, 7) is 4.20. The Morgan fingerprint density at radius 2 is 1.89 bits per heavy atom. The molecule has 4 rings (SSSR count). The van der Waals surface area contributed by atoms with Gasteiger partial charge in [-0.2, -0.15) is 4.98 Å². The Morgan fingerprint density at radius 3 is 2.57 bits per heavy atom. The van der Waals surface area contributed by atoms with Gasteiger partial charge in [-0.05, 0) is 31.0 Å². The van der Waals surface area contributed by atoms with Gasteiger partial charge < -0.3 is 19.1 Å². The van der Waals surface area contributed by atoms with Crippen molar-refractivity contribution < 1.29 is 18.8 Å². The van der Waals surface area contributed by atoms with E-state index in [2.05, 4.69) is 10.1 Å². The summed E-state index contributed by atoms with van der Waals surface area (Å²) >= 11 is 0. The van der Waals surface area contributed by atoms with Crippen LogP contribution < -0.4 is 4.74 Å². The zero-order chi connectivity index (χ0) is 19.7. The van der Waals surface area contributed by atoms with Crippen LogP contribution in [0.5, 0.6) is 5.75 Å². The van der Waals surface area contributed by atoms with Crippen LogP contribution in [0.1, 0.15) is 53.7 Å². The van der Waals surface area contributed by atoms with Crippen molar-refractivity contribution in [3.8, 4) is 5.75 Å². The topological polar surface area (TPSA) is 88.8 Å². The number of methoxy groups -OCH3 is 1. The van der Waals surface area contributed by atoms with Gasteiger partial charge in [0.15, 0.2) is 5.82 Å². The minimum absolute atomic E-state index is 0.0218. The predicted octanol–water partition coefficient (Wildman–Crippen LogP) is 2.04. The van der Waals surface area contributed by atoms with Crippen molar-refractivity contribution in [1.29, 1.82) is 0 Å². The molecule has 0 aliphatic carbocycles. The molecule has 148 valence electrons. The summed E-state index contributed by atoms with van der Waals surface area (Å²) in [5.41, 5.74) is 0.612. The highest BCUT2D eigenvalue weighted by Crippen LogP contribution is 2.31. The fourth-order valence-electron chi connectivity index (χ4n) is 3.77. The molecule has 8 heteroatoms. The molecule has 28 heavy (non-hydrogen) atoms. The fourth-order valence-corrected chi connectivity index (χ4v) is 3.77. The van der Waals surface area contributed by atoms with Crippen LogP contribution in [0.4, 0.5) is 0 Å². The number of hydrogen-bond donors (Lipinski definition) is 0. The molecule has 0 spiro atoms. The number of carbonyl (C=O) groups excluding carboxylic acids is 2. The minimum atomic E-state index is -0.0218. The maximum Gasteiger partial charge on any atom is 0.254 e. The lowest BCUT2D eigenvalue weighted by Crippen LogP contribution is -2.48. The van der Waals surface area contributed by atoms with Crippen LogP contribution in [0.25, 0.3) is 0 Å². The molecule has 0 unspecified atom stereocenters. The first-order chi connectivity index (χ1) is 13.5. The average molecular weight is 384 g/mol. The van der Waals surface area contributed by atoms with Gasteiger partial charge in [0.2, 0.25) is 11.8 Å². The molecule has 0 bridgehead atoms. The predicted molar refractivity (Wildman–Crippen MR) is 100 cm³/mol. The molecule has 0 atom stereocenters. The number of aromatic nitrogens is 2. The van der Waals surface area contributed by atoms with Gasteiger partial charge in [0.1, 0.15) is 5.75 Å². The molecule has 3 heterocycles. The lowest BCUT2D eigenvalue weighted by atomic mass is 9.95. The molecule has 2 saturated heterocycles. The van der Waals surface area contributed by atoms with Gasteiger partial charge in [-0.25, -0.2) is 0 Å². The molecule has 2 fully saturated rings. The second-order valence-electron chi connectivity index (χ2n) is 7.41. The number of rotatable bonds is 4. The summed E-state index contributed by atoms with van der Waals surface area (Å²) in [6, 6.07) is 7.16. The number of likely N-dealkylation sites (tertiary alicyclic amines) is 2. The van der Waals surface area contributed by atoms with Crippen molar-refractivity contribution in [3.63, 3.8) is 0 Å². The van der Waals surface area contributed by atoms with Crippen molar-refractivity contribution in [2.45, 2.75) is 31.6 Å². The number of carbonyl (C=O) groups is 2. The van der Waals surface area contributed by atoms with Gasteiger partial charge in [0.05, 0.1) is 13.0 Å². The molecule has 0 radical (unpaired) electrons. The number of ether oxygens (including phenoxy) is 1. The molecule has 1 aromatic heterocycles. The maximum atomic E-state index is 12.6.